The number of para-hydroxylation sites is 1. The van der Waals surface area contributed by atoms with Gasteiger partial charge >= 0.3 is 5.97 Å². The van der Waals surface area contributed by atoms with Crippen LogP contribution < -0.4 is 16.0 Å². The van der Waals surface area contributed by atoms with Crippen LogP contribution in [-0.4, -0.2) is 53.6 Å². The van der Waals surface area contributed by atoms with Gasteiger partial charge < -0.3 is 31.3 Å². The number of aromatic nitrogens is 3. The monoisotopic (exact) mass is 654 g/mol. The van der Waals surface area contributed by atoms with Gasteiger partial charge in [-0.3, -0.25) is 14.4 Å². The Hall–Kier alpha value is -5.95. The average Bonchev–Trinajstić information content (AvgIpc) is 3.67. The summed E-state index contributed by atoms with van der Waals surface area (Å²) in [6, 6.07) is 14.7. The van der Waals surface area contributed by atoms with Crippen LogP contribution in [0.5, 0.6) is 11.5 Å². The Labute approximate surface area is 271 Å². The van der Waals surface area contributed by atoms with Gasteiger partial charge in [-0.05, 0) is 72.4 Å². The van der Waals surface area contributed by atoms with E-state index in [-0.39, 0.29) is 46.2 Å². The number of hydrogen-bond donors (Lipinski definition) is 6. The predicted molar refractivity (Wildman–Crippen MR) is 170 cm³/mol. The summed E-state index contributed by atoms with van der Waals surface area (Å²) >= 11 is 6.22. The first kappa shape index (κ1) is 31.0. The average molecular weight is 655 g/mol. The van der Waals surface area contributed by atoms with E-state index in [2.05, 4.69) is 26.0 Å². The molecule has 0 fully saturated rings. The summed E-state index contributed by atoms with van der Waals surface area (Å²) < 4.78 is 1.17. The number of phenols is 2. The summed E-state index contributed by atoms with van der Waals surface area (Å²) in [6.07, 6.45) is 2.32. The summed E-state index contributed by atoms with van der Waals surface area (Å²) in [5.74, 6) is -3.61. The van der Waals surface area contributed by atoms with Gasteiger partial charge in [0.1, 0.15) is 17.0 Å². The molecule has 47 heavy (non-hydrogen) atoms. The molecule has 5 aromatic rings. The molecule has 0 radical (unpaired) electrons. The fourth-order valence-corrected chi connectivity index (χ4v) is 5.78. The number of fused-ring (bicyclic) bond motifs is 2. The standard InChI is InChI=1S/C33H27ClN6O7/c1-16-18-9-10-23(20(18)8-7-19(16)33(46)47)38-32(45)26-13-25(31(44)35-14-17-6-11-27(41)28(42)12-17)37-29-21(15-36-40(26)29)30(43)39-24-5-3-2-4-22(24)34/h2-8,11-13,15,23,41-42H,9-10,14H2,1H3,(H,35,44)(H,38,45)(H,39,43)(H,46,47)/t23-/m0/s1. The van der Waals surface area contributed by atoms with E-state index in [4.69, 9.17) is 11.6 Å². The van der Waals surface area contributed by atoms with E-state index in [1.165, 1.54) is 41.0 Å². The molecule has 0 unspecified atom stereocenters. The number of benzene rings is 3. The number of nitrogens with one attached hydrogen (secondary N) is 3. The third-order valence-electron chi connectivity index (χ3n) is 8.03. The van der Waals surface area contributed by atoms with Crippen molar-refractivity contribution < 1.29 is 34.5 Å². The molecule has 0 bridgehead atoms. The number of anilines is 1. The number of aromatic carboxylic acids is 1. The Bertz CT molecular complexity index is 2110. The lowest BCUT2D eigenvalue weighted by atomic mass is 9.98. The SMILES string of the molecule is Cc1c(C(=O)O)ccc2c1CC[C@@H]2NC(=O)c1cc(C(=O)NCc2ccc(O)c(O)c2)nc2c(C(=O)Nc3ccccc3Cl)cnn12. The molecule has 14 heteroatoms. The van der Waals surface area contributed by atoms with Crippen LogP contribution in [0.25, 0.3) is 5.65 Å². The van der Waals surface area contributed by atoms with Crippen LogP contribution in [0, 0.1) is 6.92 Å². The van der Waals surface area contributed by atoms with Gasteiger partial charge in [0.2, 0.25) is 0 Å². The number of nitrogens with zero attached hydrogens (tertiary/aromatic N) is 3. The molecule has 0 saturated heterocycles. The highest BCUT2D eigenvalue weighted by molar-refractivity contribution is 6.34. The predicted octanol–water partition coefficient (Wildman–Crippen LogP) is 4.40. The minimum atomic E-state index is -1.03. The topological polar surface area (TPSA) is 195 Å². The smallest absolute Gasteiger partial charge is 0.335 e. The Morgan fingerprint density at radius 2 is 1.74 bits per heavy atom. The largest absolute Gasteiger partial charge is 0.504 e. The molecule has 1 atom stereocenters. The summed E-state index contributed by atoms with van der Waals surface area (Å²) in [6.45, 7) is 1.69. The molecule has 2 heterocycles. The second-order valence-electron chi connectivity index (χ2n) is 10.9. The zero-order valence-corrected chi connectivity index (χ0v) is 25.5. The van der Waals surface area contributed by atoms with E-state index < -0.39 is 29.7 Å². The molecular weight excluding hydrogens is 628 g/mol. The van der Waals surface area contributed by atoms with Crippen molar-refractivity contribution in [2.45, 2.75) is 32.4 Å². The number of halogens is 1. The van der Waals surface area contributed by atoms with E-state index in [0.717, 1.165) is 11.1 Å². The zero-order valence-electron chi connectivity index (χ0n) is 24.7. The molecule has 3 amide bonds. The number of aromatic hydroxyl groups is 2. The first-order valence-electron chi connectivity index (χ1n) is 14.4. The molecule has 6 rings (SSSR count). The number of amides is 3. The number of carbonyl (C=O) groups excluding carboxylic acids is 3. The van der Waals surface area contributed by atoms with Gasteiger partial charge in [-0.15, -0.1) is 0 Å². The van der Waals surface area contributed by atoms with Gasteiger partial charge in [-0.25, -0.2) is 14.3 Å². The van der Waals surface area contributed by atoms with Crippen LogP contribution >= 0.6 is 11.6 Å². The number of carboxylic acids is 1. The molecule has 0 aliphatic heterocycles. The van der Waals surface area contributed by atoms with Crippen molar-refractivity contribution in [2.24, 2.45) is 0 Å². The third-order valence-corrected chi connectivity index (χ3v) is 8.36. The Kier molecular flexibility index (Phi) is 8.22. The lowest BCUT2D eigenvalue weighted by Gasteiger charge is -2.16. The van der Waals surface area contributed by atoms with Gasteiger partial charge in [0.05, 0.1) is 28.5 Å². The maximum Gasteiger partial charge on any atom is 0.335 e. The highest BCUT2D eigenvalue weighted by Crippen LogP contribution is 2.35. The second-order valence-corrected chi connectivity index (χ2v) is 11.3. The molecule has 0 saturated carbocycles. The minimum absolute atomic E-state index is 0.0277. The fraction of sp³-hybridized carbons (Fsp3) is 0.152. The van der Waals surface area contributed by atoms with Crippen molar-refractivity contribution >= 4 is 46.6 Å². The van der Waals surface area contributed by atoms with Crippen LogP contribution in [0.1, 0.15) is 76.4 Å². The van der Waals surface area contributed by atoms with Gasteiger partial charge in [-0.2, -0.15) is 5.10 Å². The van der Waals surface area contributed by atoms with E-state index >= 15 is 0 Å². The van der Waals surface area contributed by atoms with Crippen molar-refractivity contribution in [3.05, 3.63) is 117 Å². The van der Waals surface area contributed by atoms with E-state index in [1.807, 2.05) is 0 Å². The number of rotatable bonds is 8. The van der Waals surface area contributed by atoms with Crippen LogP contribution in [0.15, 0.2) is 66.9 Å². The summed E-state index contributed by atoms with van der Waals surface area (Å²) in [4.78, 5) is 56.5. The number of phenolic OH excluding ortho intramolecular Hbond substituents is 2. The van der Waals surface area contributed by atoms with Crippen LogP contribution in [0.2, 0.25) is 5.02 Å². The summed E-state index contributed by atoms with van der Waals surface area (Å²) in [7, 11) is 0. The highest BCUT2D eigenvalue weighted by atomic mass is 35.5. The first-order chi connectivity index (χ1) is 22.5. The van der Waals surface area contributed by atoms with E-state index in [0.29, 0.717) is 34.7 Å². The lowest BCUT2D eigenvalue weighted by Crippen LogP contribution is -2.31. The van der Waals surface area contributed by atoms with Gasteiger partial charge in [0.25, 0.3) is 17.7 Å². The summed E-state index contributed by atoms with van der Waals surface area (Å²) in [5.41, 5.74) is 2.95. The minimum Gasteiger partial charge on any atom is -0.504 e. The van der Waals surface area contributed by atoms with Crippen molar-refractivity contribution in [1.82, 2.24) is 25.2 Å². The third kappa shape index (κ3) is 6.03. The Balaban J connectivity index is 1.34. The molecule has 2 aromatic heterocycles. The number of hydrogen-bond acceptors (Lipinski definition) is 8. The van der Waals surface area contributed by atoms with E-state index in [1.54, 1.807) is 37.3 Å². The molecule has 1 aliphatic carbocycles. The van der Waals surface area contributed by atoms with Crippen molar-refractivity contribution in [2.75, 3.05) is 5.32 Å². The Morgan fingerprint density at radius 3 is 2.49 bits per heavy atom. The number of carbonyl (C=O) groups is 4. The van der Waals surface area contributed by atoms with Gasteiger partial charge in [0, 0.05) is 12.6 Å². The maximum absolute atomic E-state index is 13.8. The zero-order chi connectivity index (χ0) is 33.4. The fourth-order valence-electron chi connectivity index (χ4n) is 5.60. The first-order valence-corrected chi connectivity index (χ1v) is 14.8. The van der Waals surface area contributed by atoms with E-state index in [9.17, 15) is 34.5 Å². The molecular formula is C33H27ClN6O7. The maximum atomic E-state index is 13.8. The lowest BCUT2D eigenvalue weighted by molar-refractivity contribution is 0.0695. The van der Waals surface area contributed by atoms with Crippen molar-refractivity contribution in [3.63, 3.8) is 0 Å². The quantitative estimate of drug-likeness (QED) is 0.131. The molecule has 0 spiro atoms. The molecule has 13 nitrogen and oxygen atoms in total. The molecule has 6 N–H and O–H groups in total. The number of carboxylic acid groups (broad SMARTS) is 1. The Morgan fingerprint density at radius 1 is 0.957 bits per heavy atom. The normalized spacial score (nSPS) is 13.6. The van der Waals surface area contributed by atoms with Crippen LogP contribution in [0.3, 0.4) is 0 Å². The second kappa shape index (κ2) is 12.4. The van der Waals surface area contributed by atoms with Gasteiger partial charge in [0.15, 0.2) is 17.1 Å². The highest BCUT2D eigenvalue weighted by Gasteiger charge is 2.29. The molecule has 1 aliphatic rings. The van der Waals surface area contributed by atoms with Crippen molar-refractivity contribution in [1.29, 1.82) is 0 Å². The van der Waals surface area contributed by atoms with Crippen LogP contribution in [-0.2, 0) is 13.0 Å². The van der Waals surface area contributed by atoms with Crippen molar-refractivity contribution in [3.8, 4) is 11.5 Å². The summed E-state index contributed by atoms with van der Waals surface area (Å²) in [5, 5.41) is 41.8. The van der Waals surface area contributed by atoms with Crippen LogP contribution in [0.4, 0.5) is 5.69 Å². The molecule has 3 aromatic carbocycles. The molecule has 238 valence electrons. The van der Waals surface area contributed by atoms with Gasteiger partial charge in [-0.1, -0.05) is 35.9 Å².